The van der Waals surface area contributed by atoms with Crippen molar-refractivity contribution in [2.24, 2.45) is 0 Å². The first-order valence-electron chi connectivity index (χ1n) is 6.46. The number of benzene rings is 1. The number of anilines is 2. The van der Waals surface area contributed by atoms with Crippen LogP contribution < -0.4 is 10.6 Å². The monoisotopic (exact) mass is 289 g/mol. The Hall–Kier alpha value is -2.07. The van der Waals surface area contributed by atoms with Crippen LogP contribution in [0.5, 0.6) is 0 Å². The summed E-state index contributed by atoms with van der Waals surface area (Å²) in [5.41, 5.74) is 2.09. The Bertz CT molecular complexity index is 584. The van der Waals surface area contributed by atoms with Gasteiger partial charge >= 0.3 is 0 Å². The summed E-state index contributed by atoms with van der Waals surface area (Å²) < 4.78 is 0. The third-order valence-corrected chi connectivity index (χ3v) is 2.88. The summed E-state index contributed by atoms with van der Waals surface area (Å²) in [6, 6.07) is 10.9. The Labute approximate surface area is 123 Å². The molecular weight excluding hydrogens is 274 g/mol. The molecular formula is C15H16ClN3O. The topological polar surface area (TPSA) is 54.0 Å². The molecule has 0 bridgehead atoms. The van der Waals surface area contributed by atoms with Crippen LogP contribution in [0, 0.1) is 0 Å². The van der Waals surface area contributed by atoms with E-state index in [1.165, 1.54) is 0 Å². The molecule has 0 aliphatic heterocycles. The zero-order valence-corrected chi connectivity index (χ0v) is 11.9. The van der Waals surface area contributed by atoms with Crippen molar-refractivity contribution in [3.8, 4) is 0 Å². The average Bonchev–Trinajstić information content (AvgIpc) is 2.45. The molecule has 1 amide bonds. The first kappa shape index (κ1) is 14.3. The second-order valence-corrected chi connectivity index (χ2v) is 4.76. The summed E-state index contributed by atoms with van der Waals surface area (Å²) >= 11 is 5.92. The number of amides is 1. The standard InChI is InChI=1S/C15H16ClN3O/c1-2-8-17-15(20)14-7-6-13(10-18-14)19-12-5-3-4-11(16)9-12/h3-7,9-10,19H,2,8H2,1H3,(H,17,20). The minimum Gasteiger partial charge on any atom is -0.354 e. The molecule has 0 aliphatic carbocycles. The molecule has 0 unspecified atom stereocenters. The van der Waals surface area contributed by atoms with Crippen LogP contribution in [0.25, 0.3) is 0 Å². The maximum absolute atomic E-state index is 11.7. The number of carbonyl (C=O) groups is 1. The highest BCUT2D eigenvalue weighted by atomic mass is 35.5. The molecule has 5 heteroatoms. The predicted molar refractivity (Wildman–Crippen MR) is 81.6 cm³/mol. The highest BCUT2D eigenvalue weighted by Crippen LogP contribution is 2.19. The van der Waals surface area contributed by atoms with E-state index in [1.54, 1.807) is 12.3 Å². The second kappa shape index (κ2) is 6.91. The zero-order valence-electron chi connectivity index (χ0n) is 11.2. The van der Waals surface area contributed by atoms with E-state index < -0.39 is 0 Å². The molecule has 2 aromatic rings. The van der Waals surface area contributed by atoms with Crippen molar-refractivity contribution in [2.45, 2.75) is 13.3 Å². The van der Waals surface area contributed by atoms with E-state index in [-0.39, 0.29) is 5.91 Å². The van der Waals surface area contributed by atoms with Crippen LogP contribution in [0.15, 0.2) is 42.6 Å². The number of nitrogens with one attached hydrogen (secondary N) is 2. The fraction of sp³-hybridized carbons (Fsp3) is 0.200. The number of aromatic nitrogens is 1. The van der Waals surface area contributed by atoms with Gasteiger partial charge in [0.25, 0.3) is 5.91 Å². The van der Waals surface area contributed by atoms with Gasteiger partial charge in [0.05, 0.1) is 11.9 Å². The van der Waals surface area contributed by atoms with E-state index in [0.717, 1.165) is 17.8 Å². The van der Waals surface area contributed by atoms with E-state index in [2.05, 4.69) is 15.6 Å². The Morgan fingerprint density at radius 2 is 2.10 bits per heavy atom. The highest BCUT2D eigenvalue weighted by Gasteiger charge is 2.05. The molecule has 1 aromatic heterocycles. The first-order chi connectivity index (χ1) is 9.69. The Morgan fingerprint density at radius 3 is 2.75 bits per heavy atom. The van der Waals surface area contributed by atoms with Crippen molar-refractivity contribution in [3.63, 3.8) is 0 Å². The number of pyridine rings is 1. The fourth-order valence-electron chi connectivity index (χ4n) is 1.66. The lowest BCUT2D eigenvalue weighted by Crippen LogP contribution is -2.24. The lowest BCUT2D eigenvalue weighted by Gasteiger charge is -2.07. The van der Waals surface area contributed by atoms with Crippen LogP contribution >= 0.6 is 11.6 Å². The van der Waals surface area contributed by atoms with Crippen molar-refractivity contribution in [1.29, 1.82) is 0 Å². The molecule has 0 atom stereocenters. The van der Waals surface area contributed by atoms with Crippen LogP contribution in [0.3, 0.4) is 0 Å². The average molecular weight is 290 g/mol. The van der Waals surface area contributed by atoms with Crippen molar-refractivity contribution < 1.29 is 4.79 Å². The van der Waals surface area contributed by atoms with Gasteiger partial charge in [-0.15, -0.1) is 0 Å². The summed E-state index contributed by atoms with van der Waals surface area (Å²) in [5, 5.41) is 6.63. The van der Waals surface area contributed by atoms with Crippen molar-refractivity contribution >= 4 is 28.9 Å². The molecule has 0 saturated carbocycles. The summed E-state index contributed by atoms with van der Waals surface area (Å²) in [7, 11) is 0. The van der Waals surface area contributed by atoms with Crippen LogP contribution in [-0.4, -0.2) is 17.4 Å². The summed E-state index contributed by atoms with van der Waals surface area (Å²) in [6.07, 6.45) is 2.53. The van der Waals surface area contributed by atoms with E-state index in [1.807, 2.05) is 37.3 Å². The molecule has 0 fully saturated rings. The molecule has 2 rings (SSSR count). The van der Waals surface area contributed by atoms with Gasteiger partial charge in [0.15, 0.2) is 0 Å². The number of carbonyl (C=O) groups excluding carboxylic acids is 1. The van der Waals surface area contributed by atoms with Gasteiger partial charge < -0.3 is 10.6 Å². The van der Waals surface area contributed by atoms with Gasteiger partial charge in [-0.1, -0.05) is 24.6 Å². The first-order valence-corrected chi connectivity index (χ1v) is 6.83. The Kier molecular flexibility index (Phi) is 4.96. The SMILES string of the molecule is CCCNC(=O)c1ccc(Nc2cccc(Cl)c2)cn1. The van der Waals surface area contributed by atoms with Gasteiger partial charge in [-0.25, -0.2) is 4.98 Å². The van der Waals surface area contributed by atoms with E-state index in [0.29, 0.717) is 17.3 Å². The van der Waals surface area contributed by atoms with Gasteiger partial charge in [0.1, 0.15) is 5.69 Å². The molecule has 1 aromatic carbocycles. The molecule has 4 nitrogen and oxygen atoms in total. The largest absolute Gasteiger partial charge is 0.354 e. The minimum absolute atomic E-state index is 0.152. The number of hydrogen-bond donors (Lipinski definition) is 2. The highest BCUT2D eigenvalue weighted by molar-refractivity contribution is 6.30. The van der Waals surface area contributed by atoms with Gasteiger partial charge in [-0.2, -0.15) is 0 Å². The quantitative estimate of drug-likeness (QED) is 0.884. The van der Waals surface area contributed by atoms with Crippen LogP contribution in [-0.2, 0) is 0 Å². The van der Waals surface area contributed by atoms with Crippen LogP contribution in [0.4, 0.5) is 11.4 Å². The van der Waals surface area contributed by atoms with Gasteiger partial charge in [-0.05, 0) is 36.8 Å². The van der Waals surface area contributed by atoms with E-state index in [4.69, 9.17) is 11.6 Å². The molecule has 0 aliphatic rings. The van der Waals surface area contributed by atoms with Gasteiger partial charge in [0, 0.05) is 17.3 Å². The maximum atomic E-state index is 11.7. The molecule has 20 heavy (non-hydrogen) atoms. The van der Waals surface area contributed by atoms with Crippen LogP contribution in [0.1, 0.15) is 23.8 Å². The van der Waals surface area contributed by atoms with E-state index in [9.17, 15) is 4.79 Å². The number of hydrogen-bond acceptors (Lipinski definition) is 3. The minimum atomic E-state index is -0.152. The third-order valence-electron chi connectivity index (χ3n) is 2.64. The predicted octanol–water partition coefficient (Wildman–Crippen LogP) is 3.62. The number of nitrogens with zero attached hydrogens (tertiary/aromatic N) is 1. The van der Waals surface area contributed by atoms with Crippen molar-refractivity contribution in [3.05, 3.63) is 53.3 Å². The normalized spacial score (nSPS) is 10.1. The number of halogens is 1. The second-order valence-electron chi connectivity index (χ2n) is 4.32. The van der Waals surface area contributed by atoms with E-state index >= 15 is 0 Å². The summed E-state index contributed by atoms with van der Waals surface area (Å²) in [6.45, 7) is 2.66. The lowest BCUT2D eigenvalue weighted by molar-refractivity contribution is 0.0949. The van der Waals surface area contributed by atoms with Gasteiger partial charge in [-0.3, -0.25) is 4.79 Å². The lowest BCUT2D eigenvalue weighted by atomic mass is 10.3. The third kappa shape index (κ3) is 3.96. The van der Waals surface area contributed by atoms with Crippen molar-refractivity contribution in [2.75, 3.05) is 11.9 Å². The Balaban J connectivity index is 2.03. The summed E-state index contributed by atoms with van der Waals surface area (Å²) in [4.78, 5) is 15.8. The van der Waals surface area contributed by atoms with Gasteiger partial charge in [0.2, 0.25) is 0 Å². The molecule has 0 spiro atoms. The molecule has 104 valence electrons. The number of rotatable bonds is 5. The molecule has 1 heterocycles. The smallest absolute Gasteiger partial charge is 0.269 e. The maximum Gasteiger partial charge on any atom is 0.269 e. The van der Waals surface area contributed by atoms with Crippen LogP contribution in [0.2, 0.25) is 5.02 Å². The fourth-order valence-corrected chi connectivity index (χ4v) is 1.85. The molecule has 2 N–H and O–H groups in total. The summed E-state index contributed by atoms with van der Waals surface area (Å²) in [5.74, 6) is -0.152. The zero-order chi connectivity index (χ0) is 14.4. The Morgan fingerprint density at radius 1 is 1.25 bits per heavy atom. The molecule has 0 saturated heterocycles. The molecule has 0 radical (unpaired) electrons. The van der Waals surface area contributed by atoms with Crippen molar-refractivity contribution in [1.82, 2.24) is 10.3 Å².